The average molecular weight is 112 g/mol. The fraction of sp³-hybridized carbons (Fsp3) is 0. The lowest BCUT2D eigenvalue weighted by Crippen LogP contribution is -2.07. The van der Waals surface area contributed by atoms with Gasteiger partial charge in [-0.2, -0.15) is 4.33 Å². The highest BCUT2D eigenvalue weighted by atomic mass is 32.2. The quantitative estimate of drug-likeness (QED) is 0.234. The zero-order valence-corrected chi connectivity index (χ0v) is 3.27. The van der Waals surface area contributed by atoms with Crippen LogP contribution in [-0.4, -0.2) is 8.76 Å². The Bertz CT molecular complexity index is 47.9. The standard InChI is InChI=1S/H2O5S/c1-4-5-6(2)3/h1H,(H,2,3)/p-2. The molecule has 0 aromatic rings. The highest BCUT2D eigenvalue weighted by Gasteiger charge is 1.66. The van der Waals surface area contributed by atoms with E-state index in [1.165, 1.54) is 0 Å². The van der Waals surface area contributed by atoms with E-state index in [9.17, 15) is 0 Å². The molecule has 0 heterocycles. The number of rotatable bonds is 2. The second kappa shape index (κ2) is 3.19. The summed E-state index contributed by atoms with van der Waals surface area (Å²) >= 11 is -2.85. The van der Waals surface area contributed by atoms with Crippen LogP contribution in [0.4, 0.5) is 0 Å². The molecule has 0 spiro atoms. The van der Waals surface area contributed by atoms with Crippen LogP contribution < -0.4 is 5.26 Å². The molecule has 0 rings (SSSR count). The van der Waals surface area contributed by atoms with E-state index >= 15 is 0 Å². The van der Waals surface area contributed by atoms with E-state index < -0.39 is 11.4 Å². The summed E-state index contributed by atoms with van der Waals surface area (Å²) < 4.78 is 21.0. The lowest BCUT2D eigenvalue weighted by Gasteiger charge is -2.04. The summed E-state index contributed by atoms with van der Waals surface area (Å²) in [4.78, 5) is 0. The Kier molecular flexibility index (Phi) is 3.19. The van der Waals surface area contributed by atoms with Gasteiger partial charge in [-0.1, -0.05) is 0 Å². The Labute approximate surface area is 35.8 Å². The van der Waals surface area contributed by atoms with Gasteiger partial charge in [-0.3, -0.25) is 5.04 Å². The molecule has 1 unspecified atom stereocenters. The van der Waals surface area contributed by atoms with Gasteiger partial charge in [0.05, 0.1) is 0 Å². The van der Waals surface area contributed by atoms with Gasteiger partial charge in [0.1, 0.15) is 11.4 Å². The highest BCUT2D eigenvalue weighted by molar-refractivity contribution is 7.73. The van der Waals surface area contributed by atoms with Crippen LogP contribution in [0.15, 0.2) is 0 Å². The topological polar surface area (TPSA) is 81.7 Å². The Morgan fingerprint density at radius 2 is 2.17 bits per heavy atom. The van der Waals surface area contributed by atoms with E-state index in [4.69, 9.17) is 14.0 Å². The molecule has 0 aromatic heterocycles. The van der Waals surface area contributed by atoms with Crippen LogP contribution in [0.25, 0.3) is 0 Å². The molecule has 1 atom stereocenters. The summed E-state index contributed by atoms with van der Waals surface area (Å²) in [5.74, 6) is 0. The average Bonchev–Trinajstić information content (AvgIpc) is 1.35. The summed E-state index contributed by atoms with van der Waals surface area (Å²) in [6, 6.07) is 0. The third-order valence-corrected chi connectivity index (χ3v) is 0.250. The number of hydrogen-bond acceptors (Lipinski definition) is 5. The van der Waals surface area contributed by atoms with E-state index in [2.05, 4.69) is 9.37 Å². The maximum atomic E-state index is 9.05. The van der Waals surface area contributed by atoms with Crippen LogP contribution in [0.2, 0.25) is 0 Å². The van der Waals surface area contributed by atoms with Crippen LogP contribution in [0.3, 0.4) is 0 Å². The Morgan fingerprint density at radius 1 is 1.67 bits per heavy atom. The van der Waals surface area contributed by atoms with Crippen molar-refractivity contribution in [2.45, 2.75) is 0 Å². The third kappa shape index (κ3) is 3.99. The predicted molar refractivity (Wildman–Crippen MR) is 11.1 cm³/mol. The molecule has 6 heavy (non-hydrogen) atoms. The summed E-state index contributed by atoms with van der Waals surface area (Å²) in [5.41, 5.74) is 0. The van der Waals surface area contributed by atoms with Gasteiger partial charge in [-0.05, 0) is 0 Å². The molecule has 0 aromatic carbocycles. The molecule has 0 fully saturated rings. The fourth-order valence-corrected chi connectivity index (χ4v) is 0.0680. The van der Waals surface area contributed by atoms with E-state index in [0.717, 1.165) is 0 Å². The molecular formula is O5S-2. The van der Waals surface area contributed by atoms with Crippen LogP contribution >= 0.6 is 0 Å². The van der Waals surface area contributed by atoms with Crippen LogP contribution in [0, 0.1) is 0 Å². The second-order valence-corrected chi connectivity index (χ2v) is 0.885. The van der Waals surface area contributed by atoms with Crippen LogP contribution in [-0.2, 0) is 20.7 Å². The molecule has 0 saturated heterocycles. The fourth-order valence-electron chi connectivity index (χ4n) is 0.0227. The zero-order chi connectivity index (χ0) is 4.99. The van der Waals surface area contributed by atoms with Crippen molar-refractivity contribution in [1.82, 2.24) is 0 Å². The Balaban J connectivity index is 2.83. The van der Waals surface area contributed by atoms with Crippen LogP contribution in [0.1, 0.15) is 0 Å². The summed E-state index contributed by atoms with van der Waals surface area (Å²) in [6.07, 6.45) is 0. The molecule has 0 aliphatic heterocycles. The first-order valence-corrected chi connectivity index (χ1v) is 1.83. The third-order valence-electron chi connectivity index (χ3n) is 0.0833. The van der Waals surface area contributed by atoms with Crippen molar-refractivity contribution < 1.29 is 23.4 Å². The first-order chi connectivity index (χ1) is 2.77. The Hall–Kier alpha value is -0.0100. The monoisotopic (exact) mass is 112 g/mol. The molecule has 0 amide bonds. The Morgan fingerprint density at radius 3 is 2.17 bits per heavy atom. The van der Waals surface area contributed by atoms with Crippen molar-refractivity contribution in [2.24, 2.45) is 0 Å². The molecule has 0 N–H and O–H groups in total. The van der Waals surface area contributed by atoms with Gasteiger partial charge < -0.3 is 9.81 Å². The molecular weight excluding hydrogens is 112 g/mol. The van der Waals surface area contributed by atoms with E-state index in [1.54, 1.807) is 0 Å². The molecule has 0 radical (unpaired) electrons. The van der Waals surface area contributed by atoms with E-state index in [-0.39, 0.29) is 0 Å². The molecule has 0 saturated carbocycles. The SMILES string of the molecule is O=S([O-])OO[O-]. The van der Waals surface area contributed by atoms with Crippen molar-refractivity contribution in [2.75, 3.05) is 0 Å². The van der Waals surface area contributed by atoms with Gasteiger partial charge in [0.2, 0.25) is 0 Å². The minimum absolute atomic E-state index is 2.44. The largest absolute Gasteiger partial charge is 0.748 e. The molecule has 0 aliphatic carbocycles. The van der Waals surface area contributed by atoms with E-state index in [0.29, 0.717) is 0 Å². The maximum absolute atomic E-state index is 9.05. The van der Waals surface area contributed by atoms with Crippen molar-refractivity contribution in [3.8, 4) is 0 Å². The summed E-state index contributed by atoms with van der Waals surface area (Å²) in [7, 11) is 0. The minimum atomic E-state index is -2.85. The second-order valence-electron chi connectivity index (χ2n) is 0.340. The van der Waals surface area contributed by atoms with Gasteiger partial charge in [-0.15, -0.1) is 0 Å². The maximum Gasteiger partial charge on any atom is 0.120 e. The van der Waals surface area contributed by atoms with Crippen molar-refractivity contribution in [1.29, 1.82) is 0 Å². The van der Waals surface area contributed by atoms with Crippen LogP contribution in [0.5, 0.6) is 0 Å². The molecule has 6 heteroatoms. The highest BCUT2D eigenvalue weighted by Crippen LogP contribution is 1.69. The van der Waals surface area contributed by atoms with Gasteiger partial charge in [0.15, 0.2) is 0 Å². The van der Waals surface area contributed by atoms with Gasteiger partial charge >= 0.3 is 0 Å². The summed E-state index contributed by atoms with van der Waals surface area (Å²) in [6.45, 7) is 0. The normalized spacial score (nSPS) is 14.3. The smallest absolute Gasteiger partial charge is 0.120 e. The van der Waals surface area contributed by atoms with Crippen molar-refractivity contribution in [3.63, 3.8) is 0 Å². The molecule has 5 nitrogen and oxygen atoms in total. The zero-order valence-electron chi connectivity index (χ0n) is 2.45. The first-order valence-electron chi connectivity index (χ1n) is 0.833. The number of hydrogen-bond donors (Lipinski definition) is 0. The van der Waals surface area contributed by atoms with Gasteiger partial charge in [0, 0.05) is 0 Å². The summed E-state index contributed by atoms with van der Waals surface area (Å²) in [5, 5.41) is 11.1. The molecule has 0 bridgehead atoms. The molecule has 0 aliphatic rings. The van der Waals surface area contributed by atoms with Gasteiger partial charge in [0.25, 0.3) is 0 Å². The minimum Gasteiger partial charge on any atom is -0.748 e. The lowest BCUT2D eigenvalue weighted by molar-refractivity contribution is -0.778. The predicted octanol–water partition coefficient (Wildman–Crippen LogP) is -2.00. The van der Waals surface area contributed by atoms with Crippen molar-refractivity contribution in [3.05, 3.63) is 0 Å². The lowest BCUT2D eigenvalue weighted by atomic mass is 14.6. The van der Waals surface area contributed by atoms with Gasteiger partial charge in [-0.25, -0.2) is 4.21 Å². The first kappa shape index (κ1) is 5.99. The van der Waals surface area contributed by atoms with Crippen molar-refractivity contribution >= 4 is 11.4 Å². The molecule has 38 valence electrons. The van der Waals surface area contributed by atoms with E-state index in [1.807, 2.05) is 0 Å².